The Morgan fingerprint density at radius 2 is 1.80 bits per heavy atom. The van der Waals surface area contributed by atoms with E-state index in [0.717, 1.165) is 0 Å². The number of benzene rings is 2. The fraction of sp³-hybridized carbons (Fsp3) is 0.429. The molecule has 0 saturated heterocycles. The van der Waals surface area contributed by atoms with E-state index < -0.39 is 40.5 Å². The van der Waals surface area contributed by atoms with Crippen LogP contribution in [-0.2, 0) is 9.84 Å². The van der Waals surface area contributed by atoms with Crippen molar-refractivity contribution >= 4 is 38.1 Å². The molecule has 1 saturated carbocycles. The fourth-order valence-corrected chi connectivity index (χ4v) is 5.93. The van der Waals surface area contributed by atoms with Gasteiger partial charge in [0.15, 0.2) is 9.84 Å². The van der Waals surface area contributed by atoms with Crippen molar-refractivity contribution in [1.29, 1.82) is 0 Å². The van der Waals surface area contributed by atoms with Gasteiger partial charge in [-0.3, -0.25) is 4.79 Å². The molecule has 0 spiro atoms. The van der Waals surface area contributed by atoms with Gasteiger partial charge in [-0.25, -0.2) is 13.4 Å². The van der Waals surface area contributed by atoms with Crippen LogP contribution in [0.3, 0.4) is 0 Å². The number of aliphatic hydroxyl groups is 1. The number of carbonyl (C=O) groups excluding carboxylic acids is 1. The minimum absolute atomic E-state index is 0.0222. The van der Waals surface area contributed by atoms with Crippen molar-refractivity contribution in [3.05, 3.63) is 64.8 Å². The molecular weight excluding hydrogens is 569 g/mol. The van der Waals surface area contributed by atoms with Gasteiger partial charge >= 0.3 is 6.18 Å². The van der Waals surface area contributed by atoms with Crippen LogP contribution in [0.2, 0.25) is 5.15 Å². The number of nitrogens with zero attached hydrogens (tertiary/aromatic N) is 1. The number of alkyl halides is 3. The van der Waals surface area contributed by atoms with Gasteiger partial charge in [-0.1, -0.05) is 30.7 Å². The first kappa shape index (κ1) is 30.1. The molecule has 7 nitrogen and oxygen atoms in total. The van der Waals surface area contributed by atoms with Crippen LogP contribution in [0.25, 0.3) is 10.8 Å². The van der Waals surface area contributed by atoms with E-state index in [2.05, 4.69) is 10.3 Å². The van der Waals surface area contributed by atoms with E-state index in [1.54, 1.807) is 43.3 Å². The fourth-order valence-electron chi connectivity index (χ4n) is 4.85. The van der Waals surface area contributed by atoms with Gasteiger partial charge in [0.05, 0.1) is 35.8 Å². The lowest BCUT2D eigenvalue weighted by atomic mass is 9.82. The Morgan fingerprint density at radius 3 is 2.40 bits per heavy atom. The maximum absolute atomic E-state index is 13.0. The van der Waals surface area contributed by atoms with Crippen molar-refractivity contribution in [1.82, 2.24) is 10.3 Å². The highest BCUT2D eigenvalue weighted by Crippen LogP contribution is 2.40. The Balaban J connectivity index is 1.45. The molecule has 3 aromatic rings. The molecule has 1 aromatic heterocycles. The number of nitrogens with one attached hydrogen (secondary N) is 1. The van der Waals surface area contributed by atoms with Crippen LogP contribution in [0.5, 0.6) is 5.88 Å². The van der Waals surface area contributed by atoms with Crippen LogP contribution >= 0.6 is 11.6 Å². The van der Waals surface area contributed by atoms with Crippen LogP contribution in [-0.4, -0.2) is 49.6 Å². The number of rotatable bonds is 9. The van der Waals surface area contributed by atoms with Gasteiger partial charge in [-0.15, -0.1) is 0 Å². The first-order chi connectivity index (χ1) is 18.9. The summed E-state index contributed by atoms with van der Waals surface area (Å²) in [7, 11) is -3.38. The lowest BCUT2D eigenvalue weighted by Gasteiger charge is -2.29. The lowest BCUT2D eigenvalue weighted by molar-refractivity contribution is -0.184. The highest BCUT2D eigenvalue weighted by Gasteiger charge is 2.41. The molecule has 1 aliphatic rings. The predicted octanol–water partition coefficient (Wildman–Crippen LogP) is 5.89. The number of hydrogen-bond acceptors (Lipinski definition) is 6. The first-order valence-electron chi connectivity index (χ1n) is 13.0. The standard InChI is InChI=1S/C28H30ClF3N2O5S/c1-2-40(37,38)22-10-5-18(6-11-22)24(15-35)33-26(36)19-7-12-23-20(13-19)14-25(29)34-27(23)39-16-17-3-8-21(9-4-17)28(30,31)32/h5-7,10-14,17,21,24,35H,2-4,8-9,15-16H2,1H3,(H,33,36)/t17-,21-,24?. The Bertz CT molecular complexity index is 1460. The molecule has 1 unspecified atom stereocenters. The Hall–Kier alpha value is -2.89. The highest BCUT2D eigenvalue weighted by atomic mass is 35.5. The zero-order valence-corrected chi connectivity index (χ0v) is 23.3. The summed E-state index contributed by atoms with van der Waals surface area (Å²) in [6, 6.07) is 11.6. The summed E-state index contributed by atoms with van der Waals surface area (Å²) in [5, 5.41) is 13.9. The second-order valence-corrected chi connectivity index (χ2v) is 12.6. The van der Waals surface area contributed by atoms with Gasteiger partial charge in [0.2, 0.25) is 5.88 Å². The van der Waals surface area contributed by atoms with Crippen molar-refractivity contribution in [2.24, 2.45) is 11.8 Å². The molecule has 1 heterocycles. The molecule has 1 aliphatic carbocycles. The van der Waals surface area contributed by atoms with Crippen LogP contribution in [0.4, 0.5) is 13.2 Å². The monoisotopic (exact) mass is 598 g/mol. The minimum Gasteiger partial charge on any atom is -0.477 e. The molecule has 40 heavy (non-hydrogen) atoms. The average molecular weight is 599 g/mol. The molecule has 4 rings (SSSR count). The van der Waals surface area contributed by atoms with E-state index in [-0.39, 0.29) is 52.6 Å². The van der Waals surface area contributed by atoms with Crippen molar-refractivity contribution in [2.75, 3.05) is 19.0 Å². The summed E-state index contributed by atoms with van der Waals surface area (Å²) in [5.41, 5.74) is 0.828. The molecule has 216 valence electrons. The minimum atomic E-state index is -4.17. The summed E-state index contributed by atoms with van der Waals surface area (Å²) < 4.78 is 68.9. The molecule has 1 amide bonds. The third-order valence-corrected chi connectivity index (χ3v) is 9.25. The number of carbonyl (C=O) groups is 1. The topological polar surface area (TPSA) is 106 Å². The Kier molecular flexibility index (Phi) is 9.26. The summed E-state index contributed by atoms with van der Waals surface area (Å²) in [5.74, 6) is -1.55. The molecule has 12 heteroatoms. The molecule has 0 aliphatic heterocycles. The van der Waals surface area contributed by atoms with Gasteiger partial charge in [0.1, 0.15) is 5.15 Å². The number of ether oxygens (including phenoxy) is 1. The van der Waals surface area contributed by atoms with Gasteiger partial charge < -0.3 is 15.2 Å². The number of sulfone groups is 1. The molecule has 1 atom stereocenters. The number of aromatic nitrogens is 1. The van der Waals surface area contributed by atoms with Gasteiger partial charge in [0.25, 0.3) is 5.91 Å². The number of halogens is 4. The summed E-state index contributed by atoms with van der Waals surface area (Å²) in [6.07, 6.45) is -3.18. The smallest absolute Gasteiger partial charge is 0.391 e. The predicted molar refractivity (Wildman–Crippen MR) is 145 cm³/mol. The largest absolute Gasteiger partial charge is 0.477 e. The van der Waals surface area contributed by atoms with Crippen molar-refractivity contribution < 1.29 is 36.2 Å². The second-order valence-electron chi connectivity index (χ2n) is 9.94. The molecular formula is C28H30ClF3N2O5S. The normalized spacial score (nSPS) is 18.9. The van der Waals surface area contributed by atoms with Gasteiger partial charge in [-0.2, -0.15) is 13.2 Å². The maximum Gasteiger partial charge on any atom is 0.391 e. The maximum atomic E-state index is 13.0. The third kappa shape index (κ3) is 7.05. The van der Waals surface area contributed by atoms with E-state index in [9.17, 15) is 31.5 Å². The lowest BCUT2D eigenvalue weighted by Crippen LogP contribution is -2.30. The van der Waals surface area contributed by atoms with E-state index in [1.807, 2.05) is 0 Å². The second kappa shape index (κ2) is 12.3. The van der Waals surface area contributed by atoms with Crippen molar-refractivity contribution in [3.8, 4) is 5.88 Å². The SMILES string of the molecule is CCS(=O)(=O)c1ccc(C(CO)NC(=O)c2ccc3c(OC[C@H]4CC[C@H](C(F)(F)F)CC4)nc(Cl)cc3c2)cc1. The molecule has 2 N–H and O–H groups in total. The number of pyridine rings is 1. The van der Waals surface area contributed by atoms with Crippen LogP contribution in [0.1, 0.15) is 54.6 Å². The third-order valence-electron chi connectivity index (χ3n) is 7.30. The zero-order chi connectivity index (χ0) is 29.1. The number of fused-ring (bicyclic) bond motifs is 1. The summed E-state index contributed by atoms with van der Waals surface area (Å²) >= 11 is 6.20. The Labute approximate surface area is 235 Å². The van der Waals surface area contributed by atoms with Gasteiger partial charge in [-0.05, 0) is 78.9 Å². The highest BCUT2D eigenvalue weighted by molar-refractivity contribution is 7.91. The van der Waals surface area contributed by atoms with Crippen molar-refractivity contribution in [2.45, 2.75) is 49.7 Å². The van der Waals surface area contributed by atoms with Gasteiger partial charge in [0, 0.05) is 10.9 Å². The zero-order valence-electron chi connectivity index (χ0n) is 21.7. The van der Waals surface area contributed by atoms with E-state index in [1.165, 1.54) is 12.1 Å². The number of amides is 1. The first-order valence-corrected chi connectivity index (χ1v) is 15.0. The molecule has 2 aromatic carbocycles. The number of hydrogen-bond donors (Lipinski definition) is 2. The van der Waals surface area contributed by atoms with Crippen LogP contribution in [0.15, 0.2) is 53.4 Å². The molecule has 0 radical (unpaired) electrons. The van der Waals surface area contributed by atoms with Crippen molar-refractivity contribution in [3.63, 3.8) is 0 Å². The number of aliphatic hydroxyl groups excluding tert-OH is 1. The van der Waals surface area contributed by atoms with E-state index in [4.69, 9.17) is 16.3 Å². The Morgan fingerprint density at radius 1 is 1.12 bits per heavy atom. The molecule has 0 bridgehead atoms. The van der Waals surface area contributed by atoms with E-state index in [0.29, 0.717) is 29.2 Å². The van der Waals surface area contributed by atoms with Crippen LogP contribution < -0.4 is 10.1 Å². The summed E-state index contributed by atoms with van der Waals surface area (Å²) in [6.45, 7) is 1.36. The molecule has 1 fully saturated rings. The quantitative estimate of drug-likeness (QED) is 0.298. The average Bonchev–Trinajstić information content (AvgIpc) is 2.93. The van der Waals surface area contributed by atoms with E-state index >= 15 is 0 Å². The van der Waals surface area contributed by atoms with Crippen LogP contribution in [0, 0.1) is 11.8 Å². The summed E-state index contributed by atoms with van der Waals surface area (Å²) in [4.78, 5) is 17.4.